The Kier molecular flexibility index (Phi) is 10.9. The van der Waals surface area contributed by atoms with Crippen molar-refractivity contribution in [3.05, 3.63) is 12.2 Å². The number of unbranched alkanes of at least 4 members (excludes halogenated alkanes) is 6. The van der Waals surface area contributed by atoms with Crippen molar-refractivity contribution in [1.29, 1.82) is 0 Å². The molecular formula is C12H21O. The van der Waals surface area contributed by atoms with Crippen molar-refractivity contribution in [2.45, 2.75) is 58.3 Å². The molecular weight excluding hydrogens is 160 g/mol. The van der Waals surface area contributed by atoms with E-state index in [4.69, 9.17) is 0 Å². The van der Waals surface area contributed by atoms with Crippen molar-refractivity contribution >= 4 is 6.29 Å². The van der Waals surface area contributed by atoms with Crippen molar-refractivity contribution in [3.8, 4) is 0 Å². The van der Waals surface area contributed by atoms with E-state index in [9.17, 15) is 4.79 Å². The van der Waals surface area contributed by atoms with E-state index in [2.05, 4.69) is 13.0 Å². The van der Waals surface area contributed by atoms with Crippen LogP contribution < -0.4 is 0 Å². The summed E-state index contributed by atoms with van der Waals surface area (Å²) in [5, 5.41) is 0. The minimum atomic E-state index is 0.454. The Morgan fingerprint density at radius 2 is 1.69 bits per heavy atom. The molecule has 0 atom stereocenters. The summed E-state index contributed by atoms with van der Waals surface area (Å²) < 4.78 is 0. The number of hydrogen-bond acceptors (Lipinski definition) is 1. The van der Waals surface area contributed by atoms with E-state index in [1.807, 2.05) is 12.4 Å². The lowest BCUT2D eigenvalue weighted by atomic mass is 10.1. The average molecular weight is 181 g/mol. The molecule has 0 bridgehead atoms. The third kappa shape index (κ3) is 11.4. The summed E-state index contributed by atoms with van der Waals surface area (Å²) in [4.78, 5) is 9.84. The Morgan fingerprint density at radius 3 is 2.38 bits per heavy atom. The number of allylic oxidation sites excluding steroid dienone is 2. The van der Waals surface area contributed by atoms with E-state index >= 15 is 0 Å². The zero-order valence-corrected chi connectivity index (χ0v) is 8.72. The molecule has 1 heteroatoms. The van der Waals surface area contributed by atoms with E-state index in [-0.39, 0.29) is 0 Å². The van der Waals surface area contributed by atoms with Crippen molar-refractivity contribution in [1.82, 2.24) is 0 Å². The van der Waals surface area contributed by atoms with Crippen LogP contribution in [-0.4, -0.2) is 6.29 Å². The second-order valence-electron chi connectivity index (χ2n) is 3.38. The summed E-state index contributed by atoms with van der Waals surface area (Å²) >= 11 is 0. The van der Waals surface area contributed by atoms with Gasteiger partial charge in [0.05, 0.1) is 0 Å². The van der Waals surface area contributed by atoms with E-state index in [0.29, 0.717) is 6.42 Å². The lowest BCUT2D eigenvalue weighted by Gasteiger charge is -1.97. The Labute approximate surface area is 82.2 Å². The molecule has 0 N–H and O–H groups in total. The molecule has 0 aliphatic rings. The Hall–Kier alpha value is -0.590. The quantitative estimate of drug-likeness (QED) is 0.390. The highest BCUT2D eigenvalue weighted by Gasteiger charge is 1.87. The third-order valence-electron chi connectivity index (χ3n) is 2.09. The highest BCUT2D eigenvalue weighted by atomic mass is 16.1. The molecule has 0 aromatic rings. The van der Waals surface area contributed by atoms with Crippen molar-refractivity contribution in [2.75, 3.05) is 0 Å². The van der Waals surface area contributed by atoms with E-state index in [1.165, 1.54) is 38.5 Å². The predicted octanol–water partition coefficient (Wildman–Crippen LogP) is 3.79. The molecule has 0 saturated heterocycles. The van der Waals surface area contributed by atoms with Gasteiger partial charge in [0.15, 0.2) is 0 Å². The van der Waals surface area contributed by atoms with Crippen molar-refractivity contribution < 1.29 is 4.79 Å². The summed E-state index contributed by atoms with van der Waals surface area (Å²) in [7, 11) is 0. The first-order valence-corrected chi connectivity index (χ1v) is 5.41. The SMILES string of the molecule is CCCCCCCCC=CC[C]=O. The molecule has 0 saturated carbocycles. The van der Waals surface area contributed by atoms with E-state index in [1.54, 1.807) is 0 Å². The van der Waals surface area contributed by atoms with Crippen LogP contribution in [0.2, 0.25) is 0 Å². The van der Waals surface area contributed by atoms with Crippen LogP contribution >= 0.6 is 0 Å². The predicted molar refractivity (Wildman–Crippen MR) is 57.4 cm³/mol. The monoisotopic (exact) mass is 181 g/mol. The molecule has 0 heterocycles. The first-order valence-electron chi connectivity index (χ1n) is 5.41. The van der Waals surface area contributed by atoms with Gasteiger partial charge in [-0.15, -0.1) is 0 Å². The van der Waals surface area contributed by atoms with Crippen molar-refractivity contribution in [3.63, 3.8) is 0 Å². The molecule has 0 fully saturated rings. The maximum atomic E-state index is 9.84. The molecule has 0 aromatic heterocycles. The van der Waals surface area contributed by atoms with Gasteiger partial charge in [0, 0.05) is 6.42 Å². The molecule has 0 aliphatic carbocycles. The van der Waals surface area contributed by atoms with Gasteiger partial charge < -0.3 is 0 Å². The summed E-state index contributed by atoms with van der Waals surface area (Å²) in [6.07, 6.45) is 15.4. The van der Waals surface area contributed by atoms with E-state index in [0.717, 1.165) is 6.42 Å². The molecule has 0 amide bonds. The molecule has 0 unspecified atom stereocenters. The van der Waals surface area contributed by atoms with Crippen LogP contribution in [0.25, 0.3) is 0 Å². The standard InChI is InChI=1S/C12H21O/c1-2-3-4-5-6-7-8-9-10-11-12-13/h9-10H,2-8,11H2,1H3. The number of hydrogen-bond donors (Lipinski definition) is 0. The molecule has 1 nitrogen and oxygen atoms in total. The van der Waals surface area contributed by atoms with Gasteiger partial charge in [-0.05, 0) is 12.8 Å². The van der Waals surface area contributed by atoms with Gasteiger partial charge in [-0.25, -0.2) is 0 Å². The van der Waals surface area contributed by atoms with Crippen LogP contribution in [0.4, 0.5) is 0 Å². The normalized spacial score (nSPS) is 10.8. The summed E-state index contributed by atoms with van der Waals surface area (Å²) in [6.45, 7) is 2.23. The lowest BCUT2D eigenvalue weighted by molar-refractivity contribution is 0.556. The second kappa shape index (κ2) is 11.4. The topological polar surface area (TPSA) is 17.1 Å². The second-order valence-corrected chi connectivity index (χ2v) is 3.38. The fourth-order valence-corrected chi connectivity index (χ4v) is 1.29. The van der Waals surface area contributed by atoms with Gasteiger partial charge in [0.1, 0.15) is 0 Å². The van der Waals surface area contributed by atoms with Gasteiger partial charge in [-0.2, -0.15) is 0 Å². The summed E-state index contributed by atoms with van der Waals surface area (Å²) in [6, 6.07) is 0. The van der Waals surface area contributed by atoms with Gasteiger partial charge in [-0.1, -0.05) is 51.2 Å². The van der Waals surface area contributed by atoms with Crippen LogP contribution in [0.5, 0.6) is 0 Å². The van der Waals surface area contributed by atoms with Gasteiger partial charge >= 0.3 is 0 Å². The highest BCUT2D eigenvalue weighted by Crippen LogP contribution is 2.07. The molecule has 0 spiro atoms. The Bertz CT molecular complexity index is 127. The number of carbonyl (C=O) groups excluding carboxylic acids is 1. The van der Waals surface area contributed by atoms with Crippen LogP contribution in [0.15, 0.2) is 12.2 Å². The fourth-order valence-electron chi connectivity index (χ4n) is 1.29. The van der Waals surface area contributed by atoms with Crippen LogP contribution in [0.1, 0.15) is 58.3 Å². The molecule has 75 valence electrons. The minimum Gasteiger partial charge on any atom is -0.291 e. The fraction of sp³-hybridized carbons (Fsp3) is 0.750. The molecule has 1 radical (unpaired) electrons. The highest BCUT2D eigenvalue weighted by molar-refractivity contribution is 5.52. The first kappa shape index (κ1) is 12.4. The van der Waals surface area contributed by atoms with E-state index < -0.39 is 0 Å². The zero-order valence-electron chi connectivity index (χ0n) is 8.72. The summed E-state index contributed by atoms with van der Waals surface area (Å²) in [5.74, 6) is 0. The largest absolute Gasteiger partial charge is 0.291 e. The van der Waals surface area contributed by atoms with Gasteiger partial charge in [0.2, 0.25) is 6.29 Å². The molecule has 0 aliphatic heterocycles. The zero-order chi connectivity index (χ0) is 9.78. The maximum absolute atomic E-state index is 9.84. The number of rotatable bonds is 9. The van der Waals surface area contributed by atoms with Gasteiger partial charge in [-0.3, -0.25) is 4.79 Å². The van der Waals surface area contributed by atoms with Crippen LogP contribution in [0.3, 0.4) is 0 Å². The third-order valence-corrected chi connectivity index (χ3v) is 2.09. The first-order chi connectivity index (χ1) is 6.41. The molecule has 0 aromatic carbocycles. The van der Waals surface area contributed by atoms with Crippen molar-refractivity contribution in [2.24, 2.45) is 0 Å². The average Bonchev–Trinajstić information content (AvgIpc) is 2.16. The molecule has 0 rings (SSSR count). The molecule has 13 heavy (non-hydrogen) atoms. The van der Waals surface area contributed by atoms with Crippen LogP contribution in [0, 0.1) is 0 Å². The smallest absolute Gasteiger partial charge is 0.202 e. The maximum Gasteiger partial charge on any atom is 0.202 e. The Balaban J connectivity index is 2.94. The minimum absolute atomic E-state index is 0.454. The van der Waals surface area contributed by atoms with Gasteiger partial charge in [0.25, 0.3) is 0 Å². The van der Waals surface area contributed by atoms with Crippen LogP contribution in [-0.2, 0) is 4.79 Å². The Morgan fingerprint density at radius 1 is 1.00 bits per heavy atom. The lowest BCUT2D eigenvalue weighted by Crippen LogP contribution is -1.77. The summed E-state index contributed by atoms with van der Waals surface area (Å²) in [5.41, 5.74) is 0.